The highest BCUT2D eigenvalue weighted by Crippen LogP contribution is 2.38. The van der Waals surface area contributed by atoms with Gasteiger partial charge in [0.1, 0.15) is 0 Å². The van der Waals surface area contributed by atoms with Crippen LogP contribution in [0.1, 0.15) is 68.2 Å². The molecule has 2 unspecified atom stereocenters. The fourth-order valence-corrected chi connectivity index (χ4v) is 14.4. The summed E-state index contributed by atoms with van der Waals surface area (Å²) < 4.78 is 6.66. The van der Waals surface area contributed by atoms with Gasteiger partial charge in [0, 0.05) is 13.2 Å². The number of hydrogen-bond donors (Lipinski definition) is 3. The maximum atomic E-state index is 9.63. The molecule has 0 heterocycles. The monoisotopic (exact) mass is 692 g/mol. The largest absolute Gasteiger partial charge is 0.407 e. The van der Waals surface area contributed by atoms with Gasteiger partial charge in [-0.2, -0.15) is 11.1 Å². The zero-order valence-electron chi connectivity index (χ0n) is 29.7. The Hall–Kier alpha value is -2.56. The Morgan fingerprint density at radius 1 is 0.553 bits per heavy atom. The van der Waals surface area contributed by atoms with Crippen molar-refractivity contribution in [1.82, 2.24) is 0 Å². The van der Waals surface area contributed by atoms with Crippen molar-refractivity contribution in [2.24, 2.45) is 0 Å². The second-order valence-electron chi connectivity index (χ2n) is 14.2. The van der Waals surface area contributed by atoms with E-state index in [4.69, 9.17) is 25.7 Å². The molecule has 0 spiro atoms. The predicted octanol–water partition coefficient (Wildman–Crippen LogP) is 6.87. The summed E-state index contributed by atoms with van der Waals surface area (Å²) in [5.41, 5.74) is 0. The molecule has 4 nitrogen and oxygen atoms in total. The molecule has 47 heavy (non-hydrogen) atoms. The Kier molecular flexibility index (Phi) is 16.3. The van der Waals surface area contributed by atoms with Crippen LogP contribution in [-0.2, 0) is 4.43 Å². The van der Waals surface area contributed by atoms with Crippen molar-refractivity contribution in [3.05, 3.63) is 121 Å². The van der Waals surface area contributed by atoms with Crippen LogP contribution in [0.3, 0.4) is 0 Å². The third-order valence-electron chi connectivity index (χ3n) is 8.19. The highest BCUT2D eigenvalue weighted by atomic mass is 35.6. The number of aliphatic hydroxyl groups excluding tert-OH is 3. The minimum Gasteiger partial charge on any atom is -0.407 e. The molecule has 0 aliphatic carbocycles. The van der Waals surface area contributed by atoms with Crippen LogP contribution in [0.5, 0.6) is 0 Å². The Bertz CT molecular complexity index is 1310. The van der Waals surface area contributed by atoms with Crippen molar-refractivity contribution < 1.29 is 19.7 Å². The second kappa shape index (κ2) is 18.8. The zero-order chi connectivity index (χ0) is 35.1. The Labute approximate surface area is 291 Å². The molecule has 0 bridgehead atoms. The van der Waals surface area contributed by atoms with Crippen molar-refractivity contribution >= 4 is 47.5 Å². The molecular weight excluding hydrogens is 636 g/mol. The summed E-state index contributed by atoms with van der Waals surface area (Å²) in [6, 6.07) is 42.2. The smallest absolute Gasteiger partial charge is 0.261 e. The van der Waals surface area contributed by atoms with E-state index in [0.717, 1.165) is 0 Å². The van der Waals surface area contributed by atoms with E-state index in [1.165, 1.54) is 20.7 Å². The summed E-state index contributed by atoms with van der Waals surface area (Å²) in [6.07, 6.45) is 0.452. The van der Waals surface area contributed by atoms with Gasteiger partial charge in [0.15, 0.2) is 0 Å². The lowest BCUT2D eigenvalue weighted by Crippen LogP contribution is -2.66. The molecule has 0 saturated heterocycles. The molecule has 7 heteroatoms. The lowest BCUT2D eigenvalue weighted by Gasteiger charge is -2.43. The van der Waals surface area contributed by atoms with Crippen molar-refractivity contribution in [1.29, 1.82) is 0 Å². The van der Waals surface area contributed by atoms with Crippen LogP contribution in [0, 0.1) is 0 Å². The first-order valence-corrected chi connectivity index (χ1v) is 21.5. The van der Waals surface area contributed by atoms with E-state index < -0.39 is 15.7 Å². The third kappa shape index (κ3) is 11.2. The van der Waals surface area contributed by atoms with Gasteiger partial charge in [0.2, 0.25) is 7.38 Å². The van der Waals surface area contributed by atoms with E-state index in [2.05, 4.69) is 139 Å². The SMILES string of the molecule is CC(C)(C)[Si](Cl)(c1ccccc1)c1ccccc1.CC(O)CCO.CC(O)CCO[Si](c1ccccc1)(c1ccccc1)C(C)(C)C. The Morgan fingerprint density at radius 2 is 0.872 bits per heavy atom. The van der Waals surface area contributed by atoms with E-state index in [0.29, 0.717) is 19.4 Å². The molecule has 0 aliphatic rings. The number of benzene rings is 4. The van der Waals surface area contributed by atoms with Gasteiger partial charge < -0.3 is 19.7 Å². The quantitative estimate of drug-likeness (QED) is 0.125. The number of halogens is 1. The number of hydrogen-bond acceptors (Lipinski definition) is 4. The summed E-state index contributed by atoms with van der Waals surface area (Å²) >= 11 is 7.21. The lowest BCUT2D eigenvalue weighted by atomic mass is 10.2. The average molecular weight is 694 g/mol. The van der Waals surface area contributed by atoms with Crippen LogP contribution in [0.15, 0.2) is 121 Å². The summed E-state index contributed by atoms with van der Waals surface area (Å²) in [7, 11) is -4.66. The average Bonchev–Trinajstić information content (AvgIpc) is 3.04. The van der Waals surface area contributed by atoms with Crippen molar-refractivity contribution in [2.75, 3.05) is 13.2 Å². The summed E-state index contributed by atoms with van der Waals surface area (Å²) in [6.45, 7) is 17.6. The van der Waals surface area contributed by atoms with Gasteiger partial charge in [-0.15, -0.1) is 0 Å². The molecule has 0 aromatic heterocycles. The highest BCUT2D eigenvalue weighted by Gasteiger charge is 2.50. The van der Waals surface area contributed by atoms with Crippen LogP contribution in [0.25, 0.3) is 0 Å². The highest BCUT2D eigenvalue weighted by molar-refractivity contribution is 7.35. The minimum atomic E-state index is -2.43. The molecule has 3 N–H and O–H groups in total. The standard InChI is InChI=1S/C20H28O2Si.C16H19ClSi.C4H10O2/c1-17(21)15-16-22-23(20(2,3)4,18-11-7-5-8-12-18)19-13-9-6-10-14-19;1-16(2,3)18(17,14-10-6-4-7-11-14)15-12-8-5-9-13-15;1-4(6)2-3-5/h5-14,17,21H,15-16H2,1-4H3;4-13H,1-3H3;4-6H,2-3H2,1H3. The first-order chi connectivity index (χ1) is 22.1. The molecule has 256 valence electrons. The van der Waals surface area contributed by atoms with Crippen LogP contribution in [-0.4, -0.2) is 56.4 Å². The van der Waals surface area contributed by atoms with Gasteiger partial charge in [-0.3, -0.25) is 0 Å². The van der Waals surface area contributed by atoms with E-state index >= 15 is 0 Å². The van der Waals surface area contributed by atoms with E-state index in [1.807, 2.05) is 31.2 Å². The predicted molar refractivity (Wildman–Crippen MR) is 207 cm³/mol. The molecule has 0 amide bonds. The van der Waals surface area contributed by atoms with E-state index in [-0.39, 0.29) is 28.9 Å². The molecule has 0 saturated carbocycles. The summed E-state index contributed by atoms with van der Waals surface area (Å²) in [5.74, 6) is 0. The lowest BCUT2D eigenvalue weighted by molar-refractivity contribution is 0.148. The van der Waals surface area contributed by atoms with Gasteiger partial charge in [0.05, 0.1) is 12.2 Å². The molecule has 4 aromatic rings. The Morgan fingerprint density at radius 3 is 1.11 bits per heavy atom. The fourth-order valence-electron chi connectivity index (χ4n) is 5.70. The molecule has 4 rings (SSSR count). The van der Waals surface area contributed by atoms with E-state index in [1.54, 1.807) is 6.92 Å². The van der Waals surface area contributed by atoms with E-state index in [9.17, 15) is 5.11 Å². The number of rotatable bonds is 10. The van der Waals surface area contributed by atoms with Crippen LogP contribution in [0.2, 0.25) is 10.1 Å². The molecule has 0 radical (unpaired) electrons. The van der Waals surface area contributed by atoms with Crippen molar-refractivity contribution in [2.45, 2.75) is 90.5 Å². The Balaban J connectivity index is 0.000000284. The fraction of sp³-hybridized carbons (Fsp3) is 0.400. The zero-order valence-corrected chi connectivity index (χ0v) is 32.4. The molecule has 2 atom stereocenters. The maximum absolute atomic E-state index is 9.63. The minimum absolute atomic E-state index is 0.00556. The van der Waals surface area contributed by atoms with Crippen LogP contribution < -0.4 is 20.7 Å². The topological polar surface area (TPSA) is 69.9 Å². The van der Waals surface area contributed by atoms with Gasteiger partial charge >= 0.3 is 0 Å². The maximum Gasteiger partial charge on any atom is 0.261 e. The number of aliphatic hydroxyl groups is 3. The second-order valence-corrected chi connectivity index (χ2v) is 24.1. The van der Waals surface area contributed by atoms with Gasteiger partial charge in [-0.05, 0) is 57.5 Å². The first kappa shape index (κ1) is 40.6. The first-order valence-electron chi connectivity index (χ1n) is 16.6. The van der Waals surface area contributed by atoms with Crippen molar-refractivity contribution in [3.8, 4) is 0 Å². The van der Waals surface area contributed by atoms with Crippen molar-refractivity contribution in [3.63, 3.8) is 0 Å². The summed E-state index contributed by atoms with van der Waals surface area (Å²) in [4.78, 5) is 0. The van der Waals surface area contributed by atoms with Crippen LogP contribution in [0.4, 0.5) is 0 Å². The molecule has 4 aromatic carbocycles. The molecule has 0 aliphatic heterocycles. The van der Waals surface area contributed by atoms with Crippen LogP contribution >= 0.6 is 11.1 Å². The molecular formula is C40H57ClO4Si2. The van der Waals surface area contributed by atoms with Gasteiger partial charge in [-0.25, -0.2) is 0 Å². The third-order valence-corrected chi connectivity index (χ3v) is 20.6. The van der Waals surface area contributed by atoms with Gasteiger partial charge in [0.25, 0.3) is 8.32 Å². The van der Waals surface area contributed by atoms with Gasteiger partial charge in [-0.1, -0.05) is 163 Å². The summed E-state index contributed by atoms with van der Waals surface area (Å²) in [5, 5.41) is 31.3. The normalized spacial score (nSPS) is 13.4. The molecule has 0 fully saturated rings.